The van der Waals surface area contributed by atoms with Gasteiger partial charge in [-0.1, -0.05) is 12.1 Å². The summed E-state index contributed by atoms with van der Waals surface area (Å²) in [7, 11) is 0. The van der Waals surface area contributed by atoms with Crippen molar-refractivity contribution in [3.63, 3.8) is 0 Å². The minimum Gasteiger partial charge on any atom is -0.494 e. The molecule has 3 heterocycles. The second-order valence-electron chi connectivity index (χ2n) is 6.43. The van der Waals surface area contributed by atoms with E-state index < -0.39 is 0 Å². The summed E-state index contributed by atoms with van der Waals surface area (Å²) >= 11 is 5.74. The molecule has 6 nitrogen and oxygen atoms in total. The number of nitrogens with two attached hydrogens (primary N) is 1. The molecule has 3 N–H and O–H groups in total. The van der Waals surface area contributed by atoms with E-state index in [4.69, 9.17) is 27.1 Å². The van der Waals surface area contributed by atoms with Crippen molar-refractivity contribution in [3.8, 4) is 28.1 Å². The summed E-state index contributed by atoms with van der Waals surface area (Å²) in [5.41, 5.74) is 10.4. The normalized spacial score (nSPS) is 11.1. The Balaban J connectivity index is 1.85. The van der Waals surface area contributed by atoms with E-state index in [-0.39, 0.29) is 0 Å². The van der Waals surface area contributed by atoms with Gasteiger partial charge < -0.3 is 15.5 Å². The van der Waals surface area contributed by atoms with Crippen molar-refractivity contribution in [1.82, 2.24) is 19.9 Å². The summed E-state index contributed by atoms with van der Waals surface area (Å²) in [6.07, 6.45) is 4.43. The van der Waals surface area contributed by atoms with Gasteiger partial charge in [-0.25, -0.2) is 15.0 Å². The third-order valence-electron chi connectivity index (χ3n) is 4.39. The van der Waals surface area contributed by atoms with Crippen molar-refractivity contribution in [2.24, 2.45) is 0 Å². The van der Waals surface area contributed by atoms with Crippen LogP contribution in [0.2, 0.25) is 0 Å². The van der Waals surface area contributed by atoms with Crippen molar-refractivity contribution < 1.29 is 4.74 Å². The van der Waals surface area contributed by atoms with Crippen LogP contribution in [0.4, 0.5) is 5.82 Å². The monoisotopic (exact) mass is 393 g/mol. The smallest absolute Gasteiger partial charge is 0.142 e. The van der Waals surface area contributed by atoms with Gasteiger partial charge in [-0.15, -0.1) is 11.6 Å². The zero-order valence-electron chi connectivity index (χ0n) is 15.4. The number of hydrogen-bond acceptors (Lipinski definition) is 5. The molecule has 0 radical (unpaired) electrons. The largest absolute Gasteiger partial charge is 0.494 e. The predicted molar refractivity (Wildman–Crippen MR) is 113 cm³/mol. The average molecular weight is 394 g/mol. The summed E-state index contributed by atoms with van der Waals surface area (Å²) in [4.78, 5) is 16.6. The lowest BCUT2D eigenvalue weighted by Crippen LogP contribution is -1.98. The Morgan fingerprint density at radius 2 is 2.04 bits per heavy atom. The van der Waals surface area contributed by atoms with Gasteiger partial charge in [0.1, 0.15) is 23.0 Å². The zero-order chi connectivity index (χ0) is 19.5. The van der Waals surface area contributed by atoms with E-state index >= 15 is 0 Å². The first kappa shape index (κ1) is 18.3. The molecule has 0 aliphatic rings. The highest BCUT2D eigenvalue weighted by atomic mass is 35.5. The number of nitrogen functional groups attached to an aromatic ring is 1. The highest BCUT2D eigenvalue weighted by Crippen LogP contribution is 2.36. The number of nitrogens with zero attached hydrogens (tertiary/aromatic N) is 3. The van der Waals surface area contributed by atoms with E-state index in [0.717, 1.165) is 45.6 Å². The number of ether oxygens (including phenoxy) is 1. The van der Waals surface area contributed by atoms with Crippen molar-refractivity contribution in [2.45, 2.75) is 13.3 Å². The van der Waals surface area contributed by atoms with Crippen LogP contribution in [-0.4, -0.2) is 32.4 Å². The van der Waals surface area contributed by atoms with Crippen molar-refractivity contribution >= 4 is 28.5 Å². The van der Waals surface area contributed by atoms with Crippen molar-refractivity contribution in [2.75, 3.05) is 18.2 Å². The van der Waals surface area contributed by atoms with E-state index in [2.05, 4.69) is 15.0 Å². The second kappa shape index (κ2) is 7.86. The average Bonchev–Trinajstić information content (AvgIpc) is 3.11. The maximum absolute atomic E-state index is 5.88. The van der Waals surface area contributed by atoms with Crippen LogP contribution >= 0.6 is 11.6 Å². The van der Waals surface area contributed by atoms with Gasteiger partial charge in [-0.3, -0.25) is 0 Å². The maximum atomic E-state index is 5.88. The van der Waals surface area contributed by atoms with Gasteiger partial charge in [-0.05, 0) is 43.2 Å². The SMILES string of the molecule is Cc1nc(-c2cccc(OCCCCl)c2)c2c(-c3ccnc(N)c3)c[nH]c2n1. The fraction of sp³-hybridized carbons (Fsp3) is 0.190. The number of fused-ring (bicyclic) bond motifs is 1. The van der Waals surface area contributed by atoms with Gasteiger partial charge in [0.15, 0.2) is 0 Å². The fourth-order valence-electron chi connectivity index (χ4n) is 3.18. The lowest BCUT2D eigenvalue weighted by Gasteiger charge is -2.10. The highest BCUT2D eigenvalue weighted by Gasteiger charge is 2.16. The Kier molecular flexibility index (Phi) is 5.12. The van der Waals surface area contributed by atoms with Gasteiger partial charge in [-0.2, -0.15) is 0 Å². The molecule has 28 heavy (non-hydrogen) atoms. The fourth-order valence-corrected chi connectivity index (χ4v) is 3.28. The molecule has 4 aromatic rings. The van der Waals surface area contributed by atoms with Crippen LogP contribution in [0.25, 0.3) is 33.4 Å². The molecule has 3 aromatic heterocycles. The summed E-state index contributed by atoms with van der Waals surface area (Å²) < 4.78 is 5.80. The predicted octanol–water partition coefficient (Wildman–Crippen LogP) is 4.59. The number of anilines is 1. The van der Waals surface area contributed by atoms with E-state index in [1.165, 1.54) is 0 Å². The van der Waals surface area contributed by atoms with Crippen LogP contribution in [0.5, 0.6) is 5.75 Å². The molecule has 0 aliphatic heterocycles. The Labute approximate surface area is 167 Å². The number of aromatic amines is 1. The first-order valence-electron chi connectivity index (χ1n) is 9.02. The molecule has 0 fully saturated rings. The number of hydrogen-bond donors (Lipinski definition) is 2. The second-order valence-corrected chi connectivity index (χ2v) is 6.81. The molecule has 0 saturated heterocycles. The number of alkyl halides is 1. The number of aryl methyl sites for hydroxylation is 1. The molecule has 1 aromatic carbocycles. The maximum Gasteiger partial charge on any atom is 0.142 e. The number of benzene rings is 1. The van der Waals surface area contributed by atoms with Gasteiger partial charge in [0.2, 0.25) is 0 Å². The van der Waals surface area contributed by atoms with Crippen LogP contribution in [0.3, 0.4) is 0 Å². The van der Waals surface area contributed by atoms with E-state index in [9.17, 15) is 0 Å². The van der Waals surface area contributed by atoms with Gasteiger partial charge in [0, 0.05) is 29.4 Å². The number of rotatable bonds is 6. The van der Waals surface area contributed by atoms with Crippen LogP contribution < -0.4 is 10.5 Å². The molecule has 142 valence electrons. The Hall–Kier alpha value is -3.12. The van der Waals surface area contributed by atoms with E-state index in [0.29, 0.717) is 24.1 Å². The van der Waals surface area contributed by atoms with Crippen LogP contribution in [0.1, 0.15) is 12.2 Å². The molecular weight excluding hydrogens is 374 g/mol. The first-order valence-corrected chi connectivity index (χ1v) is 9.56. The molecule has 0 aliphatic carbocycles. The number of aromatic nitrogens is 4. The Morgan fingerprint density at radius 1 is 1.14 bits per heavy atom. The Morgan fingerprint density at radius 3 is 2.86 bits per heavy atom. The highest BCUT2D eigenvalue weighted by molar-refractivity contribution is 6.17. The Bertz CT molecular complexity index is 1120. The van der Waals surface area contributed by atoms with Crippen molar-refractivity contribution in [3.05, 3.63) is 54.6 Å². The molecule has 4 rings (SSSR count). The third-order valence-corrected chi connectivity index (χ3v) is 4.66. The molecule has 0 atom stereocenters. The standard InChI is InChI=1S/C21H20ClN5O/c1-13-26-20(15-4-2-5-16(10-15)28-9-3-7-22)19-17(12-25-21(19)27-13)14-6-8-24-18(23)11-14/h2,4-6,8,10-12H,3,7,9H2,1H3,(H2,23,24)(H,25,26,27). The molecule has 0 saturated carbocycles. The lowest BCUT2D eigenvalue weighted by atomic mass is 10.0. The van der Waals surface area contributed by atoms with Crippen LogP contribution in [-0.2, 0) is 0 Å². The number of H-pyrrole nitrogens is 1. The van der Waals surface area contributed by atoms with Crippen molar-refractivity contribution in [1.29, 1.82) is 0 Å². The van der Waals surface area contributed by atoms with E-state index in [1.54, 1.807) is 6.20 Å². The van der Waals surface area contributed by atoms with Crippen LogP contribution in [0.15, 0.2) is 48.8 Å². The first-order chi connectivity index (χ1) is 13.7. The lowest BCUT2D eigenvalue weighted by molar-refractivity contribution is 0.318. The molecule has 0 amide bonds. The topological polar surface area (TPSA) is 89.7 Å². The molecule has 0 bridgehead atoms. The molecule has 7 heteroatoms. The number of nitrogens with one attached hydrogen (secondary N) is 1. The molecule has 0 spiro atoms. The van der Waals surface area contributed by atoms with Crippen LogP contribution in [0, 0.1) is 6.92 Å². The number of pyridine rings is 1. The summed E-state index contributed by atoms with van der Waals surface area (Å²) in [5, 5.41) is 0.939. The third kappa shape index (κ3) is 3.64. The summed E-state index contributed by atoms with van der Waals surface area (Å²) in [5.74, 6) is 2.53. The summed E-state index contributed by atoms with van der Waals surface area (Å²) in [6, 6.07) is 11.7. The molecular formula is C21H20ClN5O. The number of halogens is 1. The van der Waals surface area contributed by atoms with Gasteiger partial charge in [0.05, 0.1) is 17.7 Å². The molecule has 0 unspecified atom stereocenters. The summed E-state index contributed by atoms with van der Waals surface area (Å²) in [6.45, 7) is 2.46. The van der Waals surface area contributed by atoms with Gasteiger partial charge >= 0.3 is 0 Å². The quantitative estimate of drug-likeness (QED) is 0.369. The van der Waals surface area contributed by atoms with Gasteiger partial charge in [0.25, 0.3) is 0 Å². The zero-order valence-corrected chi connectivity index (χ0v) is 16.2. The minimum atomic E-state index is 0.469. The minimum absolute atomic E-state index is 0.469. The van der Waals surface area contributed by atoms with E-state index in [1.807, 2.05) is 49.5 Å².